The van der Waals surface area contributed by atoms with Gasteiger partial charge in [0, 0.05) is 11.9 Å². The van der Waals surface area contributed by atoms with Crippen LogP contribution in [0.5, 0.6) is 0 Å². The molecule has 0 radical (unpaired) electrons. The fourth-order valence-corrected chi connectivity index (χ4v) is 10.5. The van der Waals surface area contributed by atoms with Gasteiger partial charge in [-0.05, 0) is 108 Å². The first kappa shape index (κ1) is 38.0. The number of nitrogens with one attached hydrogen (secondary N) is 1. The van der Waals surface area contributed by atoms with Crippen molar-refractivity contribution in [1.29, 1.82) is 0 Å². The smallest absolute Gasteiger partial charge is 0.0720 e. The van der Waals surface area contributed by atoms with Crippen LogP contribution >= 0.6 is 0 Å². The van der Waals surface area contributed by atoms with Crippen molar-refractivity contribution in [3.63, 3.8) is 0 Å². The molecular formula is C62H45N. The SMILES string of the molecule is C(=C/c1cccc(-c2ccccc2)c1)/C(=C\C=C\Nc1ccc2c(c1)C1(c3ccccc3-2)c2ccccc2C(c2ccccc2)(c2ccccc2)c2ccccc21)c1ccccc1. The molecule has 0 fully saturated rings. The van der Waals surface area contributed by atoms with Crippen LogP contribution < -0.4 is 5.32 Å². The van der Waals surface area contributed by atoms with Gasteiger partial charge in [0.1, 0.15) is 0 Å². The molecule has 2 aliphatic carbocycles. The van der Waals surface area contributed by atoms with E-state index >= 15 is 0 Å². The van der Waals surface area contributed by atoms with Crippen LogP contribution in [0.4, 0.5) is 5.69 Å². The largest absolute Gasteiger partial charge is 0.362 e. The normalized spacial score (nSPS) is 14.3. The van der Waals surface area contributed by atoms with Crippen molar-refractivity contribution in [1.82, 2.24) is 0 Å². The highest BCUT2D eigenvalue weighted by atomic mass is 14.8. The Morgan fingerprint density at radius 3 is 1.52 bits per heavy atom. The van der Waals surface area contributed by atoms with Crippen molar-refractivity contribution in [2.45, 2.75) is 10.8 Å². The van der Waals surface area contributed by atoms with E-state index in [1.807, 2.05) is 0 Å². The summed E-state index contributed by atoms with van der Waals surface area (Å²) in [5.41, 5.74) is 18.7. The maximum Gasteiger partial charge on any atom is 0.0720 e. The van der Waals surface area contributed by atoms with Gasteiger partial charge in [0.15, 0.2) is 0 Å². The molecule has 298 valence electrons. The van der Waals surface area contributed by atoms with E-state index in [1.165, 1.54) is 66.8 Å². The summed E-state index contributed by atoms with van der Waals surface area (Å²) in [6, 6.07) is 86.5. The van der Waals surface area contributed by atoms with Crippen molar-refractivity contribution in [3.8, 4) is 22.3 Å². The lowest BCUT2D eigenvalue weighted by Crippen LogP contribution is -2.44. The lowest BCUT2D eigenvalue weighted by Gasteiger charge is -2.50. The monoisotopic (exact) mass is 803 g/mol. The van der Waals surface area contributed by atoms with Crippen LogP contribution in [-0.2, 0) is 10.8 Å². The molecule has 0 bridgehead atoms. The van der Waals surface area contributed by atoms with Crippen molar-refractivity contribution in [2.24, 2.45) is 0 Å². The Hall–Kier alpha value is -8.00. The molecule has 11 rings (SSSR count). The van der Waals surface area contributed by atoms with Gasteiger partial charge in [0.2, 0.25) is 0 Å². The Kier molecular flexibility index (Phi) is 9.71. The van der Waals surface area contributed by atoms with E-state index in [4.69, 9.17) is 0 Å². The van der Waals surface area contributed by atoms with E-state index in [9.17, 15) is 0 Å². The molecule has 1 heteroatoms. The summed E-state index contributed by atoms with van der Waals surface area (Å²) in [5, 5.41) is 3.70. The number of benzene rings is 9. The van der Waals surface area contributed by atoms with Gasteiger partial charge in [-0.15, -0.1) is 0 Å². The molecule has 0 aliphatic heterocycles. The summed E-state index contributed by atoms with van der Waals surface area (Å²) in [7, 11) is 0. The Morgan fingerprint density at radius 1 is 0.381 bits per heavy atom. The summed E-state index contributed by atoms with van der Waals surface area (Å²) in [4.78, 5) is 0. The van der Waals surface area contributed by atoms with Crippen LogP contribution in [0.1, 0.15) is 55.6 Å². The zero-order valence-corrected chi connectivity index (χ0v) is 34.9. The van der Waals surface area contributed by atoms with Gasteiger partial charge in [0.25, 0.3) is 0 Å². The van der Waals surface area contributed by atoms with Gasteiger partial charge in [0.05, 0.1) is 10.8 Å². The van der Waals surface area contributed by atoms with Crippen LogP contribution in [0.2, 0.25) is 0 Å². The summed E-state index contributed by atoms with van der Waals surface area (Å²) < 4.78 is 0. The zero-order valence-electron chi connectivity index (χ0n) is 34.9. The lowest BCUT2D eigenvalue weighted by molar-refractivity contribution is 0.624. The fourth-order valence-electron chi connectivity index (χ4n) is 10.5. The highest BCUT2D eigenvalue weighted by molar-refractivity contribution is 5.91. The Bertz CT molecular complexity index is 3090. The van der Waals surface area contributed by atoms with Gasteiger partial charge >= 0.3 is 0 Å². The minimum atomic E-state index is -0.545. The summed E-state index contributed by atoms with van der Waals surface area (Å²) in [6.07, 6.45) is 10.8. The van der Waals surface area contributed by atoms with Gasteiger partial charge in [-0.3, -0.25) is 0 Å². The molecule has 1 N–H and O–H groups in total. The number of rotatable bonds is 9. The van der Waals surface area contributed by atoms with Crippen molar-refractivity contribution in [2.75, 3.05) is 5.32 Å². The van der Waals surface area contributed by atoms with E-state index in [-0.39, 0.29) is 0 Å². The number of anilines is 1. The van der Waals surface area contributed by atoms with Crippen LogP contribution in [0.25, 0.3) is 33.9 Å². The number of fused-ring (bicyclic) bond motifs is 9. The second-order valence-corrected chi connectivity index (χ2v) is 16.4. The molecule has 0 aromatic heterocycles. The van der Waals surface area contributed by atoms with E-state index in [1.54, 1.807) is 0 Å². The molecule has 2 aliphatic rings. The second kappa shape index (κ2) is 16.1. The van der Waals surface area contributed by atoms with Gasteiger partial charge in [-0.25, -0.2) is 0 Å². The average molecular weight is 804 g/mol. The summed E-state index contributed by atoms with van der Waals surface area (Å²) in [6.45, 7) is 0. The first-order chi connectivity index (χ1) is 31.3. The molecule has 1 nitrogen and oxygen atoms in total. The van der Waals surface area contributed by atoms with E-state index in [2.05, 4.69) is 272 Å². The maximum atomic E-state index is 3.70. The summed E-state index contributed by atoms with van der Waals surface area (Å²) in [5.74, 6) is 0. The average Bonchev–Trinajstić information content (AvgIpc) is 3.65. The molecule has 0 saturated carbocycles. The lowest BCUT2D eigenvalue weighted by atomic mass is 9.51. The predicted octanol–water partition coefficient (Wildman–Crippen LogP) is 15.1. The number of allylic oxidation sites excluding steroid dienone is 4. The number of hydrogen-bond acceptors (Lipinski definition) is 1. The van der Waals surface area contributed by atoms with Crippen LogP contribution in [0, 0.1) is 0 Å². The van der Waals surface area contributed by atoms with Crippen LogP contribution in [0.3, 0.4) is 0 Å². The molecule has 1 spiro atoms. The highest BCUT2D eigenvalue weighted by Gasteiger charge is 2.56. The molecule has 0 amide bonds. The van der Waals surface area contributed by atoms with Gasteiger partial charge in [-0.1, -0.05) is 237 Å². The Balaban J connectivity index is 1.01. The third-order valence-corrected chi connectivity index (χ3v) is 13.1. The molecular weight excluding hydrogens is 759 g/mol. The van der Waals surface area contributed by atoms with E-state index in [0.717, 1.165) is 22.4 Å². The zero-order chi connectivity index (χ0) is 42.1. The Morgan fingerprint density at radius 2 is 0.889 bits per heavy atom. The molecule has 63 heavy (non-hydrogen) atoms. The van der Waals surface area contributed by atoms with Crippen molar-refractivity contribution >= 4 is 17.3 Å². The van der Waals surface area contributed by atoms with Crippen molar-refractivity contribution < 1.29 is 0 Å². The first-order valence-corrected chi connectivity index (χ1v) is 21.8. The molecule has 9 aromatic carbocycles. The van der Waals surface area contributed by atoms with E-state index in [0.29, 0.717) is 0 Å². The number of hydrogen-bond donors (Lipinski definition) is 1. The quantitative estimate of drug-likeness (QED) is 0.143. The predicted molar refractivity (Wildman–Crippen MR) is 264 cm³/mol. The first-order valence-electron chi connectivity index (χ1n) is 21.8. The minimum absolute atomic E-state index is 0.529. The van der Waals surface area contributed by atoms with Gasteiger partial charge in [-0.2, -0.15) is 0 Å². The van der Waals surface area contributed by atoms with Crippen LogP contribution in [0.15, 0.2) is 261 Å². The fraction of sp³-hybridized carbons (Fsp3) is 0.0323. The van der Waals surface area contributed by atoms with Gasteiger partial charge < -0.3 is 5.32 Å². The maximum absolute atomic E-state index is 3.70. The molecule has 0 saturated heterocycles. The highest BCUT2D eigenvalue weighted by Crippen LogP contribution is 2.64. The molecule has 0 unspecified atom stereocenters. The standard InChI is InChI=1S/C62H45N/c1-5-22-46(23-6-1)48(39-38-45-21-19-26-49(43-45)47-24-7-2-8-25-47)27-20-42-63-52-40-41-54-53-32-13-14-33-55(53)62(60(54)44-52)58-36-17-15-34-56(58)61(50-28-9-3-10-29-50,51-30-11-4-12-31-51)57-35-16-18-37-59(57)62/h1-44,63H/b39-38-,42-20+,48-27+. The topological polar surface area (TPSA) is 12.0 Å². The van der Waals surface area contributed by atoms with E-state index < -0.39 is 10.8 Å². The third kappa shape index (κ3) is 6.32. The summed E-state index contributed by atoms with van der Waals surface area (Å²) >= 11 is 0. The molecule has 9 aromatic rings. The third-order valence-electron chi connectivity index (χ3n) is 13.1. The molecule has 0 heterocycles. The minimum Gasteiger partial charge on any atom is -0.362 e. The van der Waals surface area contributed by atoms with Crippen molar-refractivity contribution in [3.05, 3.63) is 317 Å². The second-order valence-electron chi connectivity index (χ2n) is 16.4. The Labute approximate surface area is 370 Å². The van der Waals surface area contributed by atoms with Crippen LogP contribution in [-0.4, -0.2) is 0 Å². The molecule has 0 atom stereocenters.